The van der Waals surface area contributed by atoms with Crippen LogP contribution in [0.25, 0.3) is 0 Å². The van der Waals surface area contributed by atoms with Crippen LogP contribution in [0.1, 0.15) is 17.3 Å². The van der Waals surface area contributed by atoms with Crippen LogP contribution in [0, 0.1) is 5.82 Å². The van der Waals surface area contributed by atoms with Gasteiger partial charge < -0.3 is 25.6 Å². The molecular formula is C21H27FN4O2. The van der Waals surface area contributed by atoms with Crippen molar-refractivity contribution < 1.29 is 13.9 Å². The summed E-state index contributed by atoms with van der Waals surface area (Å²) in [5.74, 6) is -0.0398. The third-order valence-corrected chi connectivity index (χ3v) is 4.87. The smallest absolute Gasteiger partial charge is 0.255 e. The number of carbonyl (C=O) groups excluding carboxylic acids is 1. The van der Waals surface area contributed by atoms with Crippen LogP contribution >= 0.6 is 0 Å². The fourth-order valence-electron chi connectivity index (χ4n) is 3.22. The number of nitrogens with one attached hydrogen (secondary N) is 1. The summed E-state index contributed by atoms with van der Waals surface area (Å²) in [5.41, 5.74) is 6.86. The van der Waals surface area contributed by atoms with Gasteiger partial charge in [-0.25, -0.2) is 4.39 Å². The molecule has 1 heterocycles. The summed E-state index contributed by atoms with van der Waals surface area (Å²) in [6.07, 6.45) is 0. The van der Waals surface area contributed by atoms with Crippen molar-refractivity contribution in [2.45, 2.75) is 6.92 Å². The summed E-state index contributed by atoms with van der Waals surface area (Å²) in [7, 11) is 0. The van der Waals surface area contributed by atoms with Crippen molar-refractivity contribution in [3.63, 3.8) is 0 Å². The molecule has 1 amide bonds. The molecule has 2 aromatic rings. The summed E-state index contributed by atoms with van der Waals surface area (Å²) >= 11 is 0. The van der Waals surface area contributed by atoms with E-state index in [9.17, 15) is 9.18 Å². The normalized spacial score (nSPS) is 14.8. The first-order valence-corrected chi connectivity index (χ1v) is 9.62. The molecule has 28 heavy (non-hydrogen) atoms. The number of rotatable bonds is 7. The molecule has 3 N–H and O–H groups in total. The highest BCUT2D eigenvalue weighted by Crippen LogP contribution is 2.23. The Labute approximate surface area is 165 Å². The number of nitrogens with two attached hydrogens (primary N) is 1. The molecule has 0 atom stereocenters. The molecule has 6 nitrogen and oxygen atoms in total. The van der Waals surface area contributed by atoms with Crippen molar-refractivity contribution in [1.29, 1.82) is 0 Å². The first kappa shape index (κ1) is 20.1. The van der Waals surface area contributed by atoms with Crippen molar-refractivity contribution in [1.82, 2.24) is 4.90 Å². The summed E-state index contributed by atoms with van der Waals surface area (Å²) in [6, 6.07) is 11.6. The minimum absolute atomic E-state index is 0.289. The Morgan fingerprint density at radius 3 is 2.46 bits per heavy atom. The van der Waals surface area contributed by atoms with Crippen LogP contribution < -0.4 is 20.7 Å². The van der Waals surface area contributed by atoms with E-state index in [1.165, 1.54) is 6.07 Å². The molecular weight excluding hydrogens is 359 g/mol. The van der Waals surface area contributed by atoms with Gasteiger partial charge in [-0.3, -0.25) is 4.79 Å². The maximum atomic E-state index is 14.6. The Morgan fingerprint density at radius 2 is 1.86 bits per heavy atom. The van der Waals surface area contributed by atoms with Gasteiger partial charge in [-0.2, -0.15) is 0 Å². The zero-order valence-electron chi connectivity index (χ0n) is 16.2. The summed E-state index contributed by atoms with van der Waals surface area (Å²) in [5, 5.41) is 2.78. The lowest BCUT2D eigenvalue weighted by molar-refractivity contribution is 0.102. The van der Waals surface area contributed by atoms with Crippen molar-refractivity contribution in [3.8, 4) is 5.75 Å². The van der Waals surface area contributed by atoms with E-state index >= 15 is 0 Å². The minimum atomic E-state index is -0.372. The molecule has 1 fully saturated rings. The number of carbonyl (C=O) groups is 1. The Hall–Kier alpha value is -2.64. The average Bonchev–Trinajstić information content (AvgIpc) is 2.73. The maximum absolute atomic E-state index is 14.6. The molecule has 0 bridgehead atoms. The second-order valence-electron chi connectivity index (χ2n) is 6.70. The largest absolute Gasteiger partial charge is 0.492 e. The number of halogens is 1. The van der Waals surface area contributed by atoms with Crippen molar-refractivity contribution in [2.24, 2.45) is 5.73 Å². The topological polar surface area (TPSA) is 70.8 Å². The van der Waals surface area contributed by atoms with Gasteiger partial charge in [-0.05, 0) is 49.0 Å². The summed E-state index contributed by atoms with van der Waals surface area (Å²) < 4.78 is 20.0. The number of nitrogens with zero attached hydrogens (tertiary/aromatic N) is 2. The van der Waals surface area contributed by atoms with E-state index in [1.54, 1.807) is 36.4 Å². The predicted molar refractivity (Wildman–Crippen MR) is 110 cm³/mol. The Balaban J connectivity index is 1.62. The third-order valence-electron chi connectivity index (χ3n) is 4.87. The van der Waals surface area contributed by atoms with E-state index in [-0.39, 0.29) is 17.3 Å². The number of benzene rings is 2. The highest BCUT2D eigenvalue weighted by Gasteiger charge is 2.19. The summed E-state index contributed by atoms with van der Waals surface area (Å²) in [6.45, 7) is 7.43. The molecule has 0 unspecified atom stereocenters. The van der Waals surface area contributed by atoms with Crippen LogP contribution in [0.2, 0.25) is 0 Å². The van der Waals surface area contributed by atoms with Gasteiger partial charge in [0.05, 0.1) is 5.69 Å². The monoisotopic (exact) mass is 386 g/mol. The van der Waals surface area contributed by atoms with Gasteiger partial charge in [-0.15, -0.1) is 0 Å². The molecule has 7 heteroatoms. The molecule has 2 aromatic carbocycles. The molecule has 1 aliphatic heterocycles. The van der Waals surface area contributed by atoms with Gasteiger partial charge in [0.15, 0.2) is 0 Å². The maximum Gasteiger partial charge on any atom is 0.255 e. The van der Waals surface area contributed by atoms with Crippen molar-refractivity contribution in [2.75, 3.05) is 56.1 Å². The standard InChI is InChI=1S/C21H27FN4O2/c1-2-25-10-12-26(13-11-25)20-8-3-16(15-19(20)22)21(27)24-17-4-6-18(7-5-17)28-14-9-23/h3-8,15H,2,9-14,23H2,1H3,(H,24,27). The third kappa shape index (κ3) is 4.99. The van der Waals surface area contributed by atoms with E-state index in [0.717, 1.165) is 32.7 Å². The van der Waals surface area contributed by atoms with E-state index in [1.807, 2.05) is 4.90 Å². The first-order valence-electron chi connectivity index (χ1n) is 9.62. The van der Waals surface area contributed by atoms with Crippen LogP contribution in [0.5, 0.6) is 5.75 Å². The van der Waals surface area contributed by atoms with E-state index in [2.05, 4.69) is 17.1 Å². The predicted octanol–water partition coefficient (Wildman–Crippen LogP) is 2.56. The van der Waals surface area contributed by atoms with Crippen molar-refractivity contribution >= 4 is 17.3 Å². The van der Waals surface area contributed by atoms with Crippen LogP contribution in [-0.4, -0.2) is 56.7 Å². The van der Waals surface area contributed by atoms with Gasteiger partial charge in [0.2, 0.25) is 0 Å². The number of amides is 1. The zero-order chi connectivity index (χ0) is 19.9. The quantitative estimate of drug-likeness (QED) is 0.765. The number of hydrogen-bond donors (Lipinski definition) is 2. The molecule has 0 spiro atoms. The Bertz CT molecular complexity index is 789. The lowest BCUT2D eigenvalue weighted by atomic mass is 10.1. The second-order valence-corrected chi connectivity index (χ2v) is 6.70. The lowest BCUT2D eigenvalue weighted by Gasteiger charge is -2.35. The fourth-order valence-corrected chi connectivity index (χ4v) is 3.22. The average molecular weight is 386 g/mol. The van der Waals surface area contributed by atoms with Crippen LogP contribution in [0.4, 0.5) is 15.8 Å². The van der Waals surface area contributed by atoms with Gasteiger partial charge in [-0.1, -0.05) is 6.92 Å². The number of anilines is 2. The van der Waals surface area contributed by atoms with E-state index < -0.39 is 0 Å². The molecule has 3 rings (SSSR count). The van der Waals surface area contributed by atoms with Crippen LogP contribution in [-0.2, 0) is 0 Å². The fraction of sp³-hybridized carbons (Fsp3) is 0.381. The molecule has 0 radical (unpaired) electrons. The second kappa shape index (κ2) is 9.52. The SMILES string of the molecule is CCN1CCN(c2ccc(C(=O)Nc3ccc(OCCN)cc3)cc2F)CC1. The van der Waals surface area contributed by atoms with Crippen LogP contribution in [0.3, 0.4) is 0 Å². The Kier molecular flexibility index (Phi) is 6.84. The molecule has 150 valence electrons. The molecule has 1 aliphatic rings. The summed E-state index contributed by atoms with van der Waals surface area (Å²) in [4.78, 5) is 16.8. The number of hydrogen-bond acceptors (Lipinski definition) is 5. The molecule has 0 saturated carbocycles. The minimum Gasteiger partial charge on any atom is -0.492 e. The molecule has 0 aliphatic carbocycles. The molecule has 1 saturated heterocycles. The first-order chi connectivity index (χ1) is 13.6. The highest BCUT2D eigenvalue weighted by atomic mass is 19.1. The van der Waals surface area contributed by atoms with Crippen molar-refractivity contribution in [3.05, 3.63) is 53.8 Å². The van der Waals surface area contributed by atoms with E-state index in [0.29, 0.717) is 30.3 Å². The highest BCUT2D eigenvalue weighted by molar-refractivity contribution is 6.04. The number of ether oxygens (including phenoxy) is 1. The number of likely N-dealkylation sites (N-methyl/N-ethyl adjacent to an activating group) is 1. The number of piperazine rings is 1. The van der Waals surface area contributed by atoms with E-state index in [4.69, 9.17) is 10.5 Å². The zero-order valence-corrected chi connectivity index (χ0v) is 16.2. The molecule has 0 aromatic heterocycles. The Morgan fingerprint density at radius 1 is 1.14 bits per heavy atom. The van der Waals surface area contributed by atoms with Gasteiger partial charge in [0.1, 0.15) is 18.2 Å². The van der Waals surface area contributed by atoms with Gasteiger partial charge in [0.25, 0.3) is 5.91 Å². The van der Waals surface area contributed by atoms with Gasteiger partial charge in [0, 0.05) is 44.0 Å². The van der Waals surface area contributed by atoms with Gasteiger partial charge >= 0.3 is 0 Å². The van der Waals surface area contributed by atoms with Crippen LogP contribution in [0.15, 0.2) is 42.5 Å². The lowest BCUT2D eigenvalue weighted by Crippen LogP contribution is -2.46.